The fourth-order valence-electron chi connectivity index (χ4n) is 1.97. The fourth-order valence-corrected chi connectivity index (χ4v) is 2.43. The van der Waals surface area contributed by atoms with Crippen molar-refractivity contribution in [2.24, 2.45) is 5.73 Å². The smallest absolute Gasteiger partial charge is 0.276 e. The van der Waals surface area contributed by atoms with E-state index < -0.39 is 17.6 Å². The Kier molecular flexibility index (Phi) is 6.88. The summed E-state index contributed by atoms with van der Waals surface area (Å²) in [6.07, 6.45) is -0.0490. The van der Waals surface area contributed by atoms with E-state index in [4.69, 9.17) is 15.8 Å². The Morgan fingerprint density at radius 1 is 1.23 bits per heavy atom. The van der Waals surface area contributed by atoms with Gasteiger partial charge in [-0.05, 0) is 59.0 Å². The highest BCUT2D eigenvalue weighted by Gasteiger charge is 2.14. The van der Waals surface area contributed by atoms with Crippen LogP contribution in [0, 0.1) is 20.7 Å². The van der Waals surface area contributed by atoms with Gasteiger partial charge >= 0.3 is 0 Å². The Bertz CT molecular complexity index is 883. The summed E-state index contributed by atoms with van der Waals surface area (Å²) in [6.45, 7) is -0.0775. The van der Waals surface area contributed by atoms with Crippen molar-refractivity contribution in [2.45, 2.75) is 6.42 Å². The number of nitrogens with zero attached hydrogens (tertiary/aromatic N) is 1. The molecule has 0 radical (unpaired) electrons. The summed E-state index contributed by atoms with van der Waals surface area (Å²) in [4.78, 5) is 27.8. The van der Waals surface area contributed by atoms with Gasteiger partial charge in [0.15, 0.2) is 0 Å². The molecule has 0 heterocycles. The maximum Gasteiger partial charge on any atom is 0.276 e. The number of amides is 2. The number of nitrogens with two attached hydrogens (primary N) is 1. The van der Waals surface area contributed by atoms with Crippen molar-refractivity contribution in [2.75, 3.05) is 11.9 Å². The molecular weight excluding hydrogens is 454 g/mol. The van der Waals surface area contributed by atoms with Crippen LogP contribution in [-0.4, -0.2) is 18.4 Å². The molecular formula is C17H14FIN4O3. The minimum atomic E-state index is -0.618. The first-order valence-corrected chi connectivity index (χ1v) is 8.45. The number of carbonyl (C=O) groups is 2. The molecule has 7 nitrogen and oxygen atoms in total. The van der Waals surface area contributed by atoms with E-state index in [2.05, 4.69) is 10.8 Å². The maximum atomic E-state index is 14.1. The normalized spacial score (nSPS) is 10.0. The van der Waals surface area contributed by atoms with Crippen LogP contribution < -0.4 is 16.5 Å². The largest absolute Gasteiger partial charge is 0.370 e. The first-order chi connectivity index (χ1) is 12.4. The molecule has 0 bridgehead atoms. The zero-order valence-electron chi connectivity index (χ0n) is 13.4. The Labute approximate surface area is 162 Å². The van der Waals surface area contributed by atoms with Crippen LogP contribution in [0.4, 0.5) is 15.8 Å². The minimum absolute atomic E-state index is 0.0490. The number of carbonyl (C=O) groups excluding carboxylic acids is 2. The van der Waals surface area contributed by atoms with Gasteiger partial charge < -0.3 is 11.1 Å². The summed E-state index contributed by atoms with van der Waals surface area (Å²) in [7, 11) is 0. The SMILES string of the molecule is N#Cc1ccc(C(=O)NOCCC(N)=O)c(Nc2ccc(I)cc2F)c1. The lowest BCUT2D eigenvalue weighted by Gasteiger charge is -2.13. The summed E-state index contributed by atoms with van der Waals surface area (Å²) in [5.74, 6) is -1.68. The molecule has 9 heteroatoms. The van der Waals surface area contributed by atoms with E-state index in [1.54, 1.807) is 6.07 Å². The molecule has 2 rings (SSSR count). The van der Waals surface area contributed by atoms with Crippen LogP contribution in [-0.2, 0) is 9.63 Å². The fraction of sp³-hybridized carbons (Fsp3) is 0.118. The lowest BCUT2D eigenvalue weighted by Crippen LogP contribution is -2.26. The van der Waals surface area contributed by atoms with E-state index in [0.29, 0.717) is 5.56 Å². The third-order valence-corrected chi connectivity index (χ3v) is 3.88. The summed E-state index contributed by atoms with van der Waals surface area (Å²) < 4.78 is 14.8. The lowest BCUT2D eigenvalue weighted by atomic mass is 10.1. The number of nitriles is 1. The molecule has 2 amide bonds. The summed E-state index contributed by atoms with van der Waals surface area (Å²) >= 11 is 1.98. The number of benzene rings is 2. The molecule has 0 aliphatic heterocycles. The molecule has 0 saturated carbocycles. The molecule has 26 heavy (non-hydrogen) atoms. The molecule has 0 atom stereocenters. The predicted molar refractivity (Wildman–Crippen MR) is 101 cm³/mol. The van der Waals surface area contributed by atoms with Crippen molar-refractivity contribution in [3.05, 3.63) is 56.9 Å². The second-order valence-corrected chi connectivity index (χ2v) is 6.36. The van der Waals surface area contributed by atoms with Crippen molar-refractivity contribution in [3.63, 3.8) is 0 Å². The molecule has 0 spiro atoms. The molecule has 0 aliphatic carbocycles. The zero-order valence-corrected chi connectivity index (χ0v) is 15.5. The van der Waals surface area contributed by atoms with Crippen LogP contribution in [0.5, 0.6) is 0 Å². The van der Waals surface area contributed by atoms with E-state index in [1.807, 2.05) is 28.7 Å². The van der Waals surface area contributed by atoms with Gasteiger partial charge in [-0.3, -0.25) is 14.4 Å². The van der Waals surface area contributed by atoms with Gasteiger partial charge in [-0.25, -0.2) is 9.87 Å². The van der Waals surface area contributed by atoms with Gasteiger partial charge in [-0.15, -0.1) is 0 Å². The van der Waals surface area contributed by atoms with Crippen molar-refractivity contribution >= 4 is 45.8 Å². The second-order valence-electron chi connectivity index (χ2n) is 5.12. The van der Waals surface area contributed by atoms with E-state index in [9.17, 15) is 14.0 Å². The Balaban J connectivity index is 2.22. The average molecular weight is 468 g/mol. The quantitative estimate of drug-likeness (QED) is 0.328. The first kappa shape index (κ1) is 19.6. The highest BCUT2D eigenvalue weighted by Crippen LogP contribution is 2.25. The number of hydrogen-bond donors (Lipinski definition) is 3. The molecule has 2 aromatic rings. The topological polar surface area (TPSA) is 117 Å². The number of nitrogens with one attached hydrogen (secondary N) is 2. The standard InChI is InChI=1S/C17H14FIN4O3/c18-13-8-11(19)2-4-14(13)22-15-7-10(9-20)1-3-12(15)17(25)23-26-6-5-16(21)24/h1-4,7-8,22H,5-6H2,(H2,21,24)(H,23,25). The van der Waals surface area contributed by atoms with Crippen LogP contribution in [0.15, 0.2) is 36.4 Å². The number of hydrogen-bond acceptors (Lipinski definition) is 5. The van der Waals surface area contributed by atoms with Gasteiger partial charge in [-0.2, -0.15) is 5.26 Å². The Morgan fingerprint density at radius 2 is 2.00 bits per heavy atom. The molecule has 0 unspecified atom stereocenters. The molecule has 0 aliphatic rings. The monoisotopic (exact) mass is 468 g/mol. The third-order valence-electron chi connectivity index (χ3n) is 3.21. The van der Waals surface area contributed by atoms with E-state index in [0.717, 1.165) is 3.57 Å². The predicted octanol–water partition coefficient (Wildman–Crippen LogP) is 2.58. The van der Waals surface area contributed by atoms with Crippen molar-refractivity contribution in [3.8, 4) is 6.07 Å². The van der Waals surface area contributed by atoms with Gasteiger partial charge in [0.1, 0.15) is 5.82 Å². The molecule has 4 N–H and O–H groups in total. The molecule has 2 aromatic carbocycles. The summed E-state index contributed by atoms with van der Waals surface area (Å²) in [5.41, 5.74) is 7.98. The van der Waals surface area contributed by atoms with Crippen molar-refractivity contribution < 1.29 is 18.8 Å². The van der Waals surface area contributed by atoms with Crippen LogP contribution in [0.1, 0.15) is 22.3 Å². The lowest BCUT2D eigenvalue weighted by molar-refractivity contribution is -0.119. The third kappa shape index (κ3) is 5.40. The van der Waals surface area contributed by atoms with Gasteiger partial charge in [-0.1, -0.05) is 0 Å². The van der Waals surface area contributed by atoms with Crippen molar-refractivity contribution in [1.82, 2.24) is 5.48 Å². The van der Waals surface area contributed by atoms with E-state index >= 15 is 0 Å². The maximum absolute atomic E-state index is 14.1. The first-order valence-electron chi connectivity index (χ1n) is 7.37. The summed E-state index contributed by atoms with van der Waals surface area (Å²) in [5, 5.41) is 11.9. The number of primary amides is 1. The molecule has 0 saturated heterocycles. The van der Waals surface area contributed by atoms with E-state index in [-0.39, 0.29) is 30.0 Å². The summed E-state index contributed by atoms with van der Waals surface area (Å²) in [6, 6.07) is 10.8. The number of anilines is 2. The van der Waals surface area contributed by atoms with Crippen LogP contribution in [0.25, 0.3) is 0 Å². The number of hydroxylamine groups is 1. The molecule has 134 valence electrons. The van der Waals surface area contributed by atoms with Gasteiger partial charge in [0.25, 0.3) is 5.91 Å². The average Bonchev–Trinajstić information content (AvgIpc) is 2.60. The van der Waals surface area contributed by atoms with Gasteiger partial charge in [0.2, 0.25) is 5.91 Å². The number of halogens is 2. The van der Waals surface area contributed by atoms with Gasteiger partial charge in [0.05, 0.1) is 41.6 Å². The highest BCUT2D eigenvalue weighted by atomic mass is 127. The van der Waals surface area contributed by atoms with Crippen LogP contribution >= 0.6 is 22.6 Å². The second kappa shape index (κ2) is 9.12. The highest BCUT2D eigenvalue weighted by molar-refractivity contribution is 14.1. The molecule has 0 aromatic heterocycles. The van der Waals surface area contributed by atoms with Crippen LogP contribution in [0.3, 0.4) is 0 Å². The van der Waals surface area contributed by atoms with E-state index in [1.165, 1.54) is 30.3 Å². The van der Waals surface area contributed by atoms with Gasteiger partial charge in [0, 0.05) is 3.57 Å². The zero-order chi connectivity index (χ0) is 19.1. The van der Waals surface area contributed by atoms with Crippen LogP contribution in [0.2, 0.25) is 0 Å². The molecule has 0 fully saturated rings. The Morgan fingerprint density at radius 3 is 2.65 bits per heavy atom. The number of rotatable bonds is 7. The van der Waals surface area contributed by atoms with Crippen molar-refractivity contribution in [1.29, 1.82) is 5.26 Å². The minimum Gasteiger partial charge on any atom is -0.370 e. The Hall–Kier alpha value is -2.71.